The van der Waals surface area contributed by atoms with Gasteiger partial charge in [0.1, 0.15) is 6.54 Å². The zero-order valence-corrected chi connectivity index (χ0v) is 8.66. The SMILES string of the molecule is O=C(O)CN1NC2(CCCCC2)CC1=O. The standard InChI is InChI=1S/C10H16N2O3/c13-8-6-10(4-2-1-3-5-10)11-12(8)7-9(14)15/h11H,1-7H2,(H,14,15). The largest absolute Gasteiger partial charge is 0.480 e. The molecule has 1 saturated heterocycles. The van der Waals surface area contributed by atoms with Crippen molar-refractivity contribution in [3.63, 3.8) is 0 Å². The van der Waals surface area contributed by atoms with E-state index in [1.165, 1.54) is 11.4 Å². The normalized spacial score (nSPS) is 24.8. The summed E-state index contributed by atoms with van der Waals surface area (Å²) in [6.07, 6.45) is 5.89. The summed E-state index contributed by atoms with van der Waals surface area (Å²) in [4.78, 5) is 22.1. The van der Waals surface area contributed by atoms with E-state index < -0.39 is 5.97 Å². The molecule has 2 rings (SSSR count). The van der Waals surface area contributed by atoms with Crippen LogP contribution in [0.2, 0.25) is 0 Å². The highest BCUT2D eigenvalue weighted by Crippen LogP contribution is 2.34. The molecule has 84 valence electrons. The summed E-state index contributed by atoms with van der Waals surface area (Å²) in [7, 11) is 0. The Bertz CT molecular complexity index is 284. The van der Waals surface area contributed by atoms with Gasteiger partial charge in [-0.3, -0.25) is 14.6 Å². The third-order valence-corrected chi connectivity index (χ3v) is 3.27. The first-order chi connectivity index (χ1) is 7.11. The van der Waals surface area contributed by atoms with E-state index in [4.69, 9.17) is 5.11 Å². The van der Waals surface area contributed by atoms with Gasteiger partial charge in [0.25, 0.3) is 0 Å². The van der Waals surface area contributed by atoms with Gasteiger partial charge in [0, 0.05) is 12.0 Å². The maximum Gasteiger partial charge on any atom is 0.324 e. The average Bonchev–Trinajstić information content (AvgIpc) is 2.43. The molecular weight excluding hydrogens is 196 g/mol. The summed E-state index contributed by atoms with van der Waals surface area (Å²) in [5.41, 5.74) is 2.96. The molecule has 1 spiro atoms. The van der Waals surface area contributed by atoms with Gasteiger partial charge in [-0.1, -0.05) is 19.3 Å². The minimum Gasteiger partial charge on any atom is -0.480 e. The van der Waals surface area contributed by atoms with Gasteiger partial charge >= 0.3 is 5.97 Å². The molecule has 1 heterocycles. The first kappa shape index (κ1) is 10.4. The molecule has 15 heavy (non-hydrogen) atoms. The van der Waals surface area contributed by atoms with E-state index in [2.05, 4.69) is 5.43 Å². The van der Waals surface area contributed by atoms with Crippen LogP contribution in [0.5, 0.6) is 0 Å². The lowest BCUT2D eigenvalue weighted by molar-refractivity contribution is -0.144. The maximum atomic E-state index is 11.6. The molecule has 2 fully saturated rings. The van der Waals surface area contributed by atoms with Crippen molar-refractivity contribution in [2.75, 3.05) is 6.54 Å². The van der Waals surface area contributed by atoms with Gasteiger partial charge in [-0.2, -0.15) is 0 Å². The summed E-state index contributed by atoms with van der Waals surface area (Å²) >= 11 is 0. The van der Waals surface area contributed by atoms with Crippen LogP contribution in [0, 0.1) is 0 Å². The number of nitrogens with zero attached hydrogens (tertiary/aromatic N) is 1. The van der Waals surface area contributed by atoms with Crippen molar-refractivity contribution in [3.8, 4) is 0 Å². The lowest BCUT2D eigenvalue weighted by Crippen LogP contribution is -2.48. The Morgan fingerprint density at radius 2 is 2.07 bits per heavy atom. The highest BCUT2D eigenvalue weighted by molar-refractivity contribution is 5.83. The zero-order chi connectivity index (χ0) is 10.9. The van der Waals surface area contributed by atoms with E-state index in [-0.39, 0.29) is 18.0 Å². The van der Waals surface area contributed by atoms with Crippen LogP contribution in [0.4, 0.5) is 0 Å². The van der Waals surface area contributed by atoms with Gasteiger partial charge in [-0.25, -0.2) is 5.43 Å². The molecule has 1 aliphatic carbocycles. The summed E-state index contributed by atoms with van der Waals surface area (Å²) in [5, 5.41) is 9.90. The van der Waals surface area contributed by atoms with E-state index in [1.807, 2.05) is 0 Å². The topological polar surface area (TPSA) is 69.6 Å². The predicted octanol–water partition coefficient (Wildman–Crippen LogP) is 0.511. The minimum atomic E-state index is -0.969. The Morgan fingerprint density at radius 1 is 1.40 bits per heavy atom. The minimum absolute atomic E-state index is 0.0840. The number of hydrazine groups is 1. The quantitative estimate of drug-likeness (QED) is 0.699. The Balaban J connectivity index is 2.01. The number of carbonyl (C=O) groups is 2. The fourth-order valence-electron chi connectivity index (χ4n) is 2.55. The predicted molar refractivity (Wildman–Crippen MR) is 52.9 cm³/mol. The van der Waals surface area contributed by atoms with Crippen LogP contribution in [0.1, 0.15) is 38.5 Å². The monoisotopic (exact) mass is 212 g/mol. The van der Waals surface area contributed by atoms with Crippen molar-refractivity contribution >= 4 is 11.9 Å². The van der Waals surface area contributed by atoms with E-state index >= 15 is 0 Å². The van der Waals surface area contributed by atoms with Crippen LogP contribution in [0.3, 0.4) is 0 Å². The van der Waals surface area contributed by atoms with E-state index in [0.29, 0.717) is 6.42 Å². The van der Waals surface area contributed by atoms with Crippen molar-refractivity contribution in [2.24, 2.45) is 0 Å². The maximum absolute atomic E-state index is 11.6. The second-order valence-corrected chi connectivity index (χ2v) is 4.50. The van der Waals surface area contributed by atoms with Crippen LogP contribution in [0.15, 0.2) is 0 Å². The van der Waals surface area contributed by atoms with Crippen LogP contribution < -0.4 is 5.43 Å². The van der Waals surface area contributed by atoms with Gasteiger partial charge in [0.2, 0.25) is 5.91 Å². The molecule has 0 aromatic rings. The summed E-state index contributed by atoms with van der Waals surface area (Å²) in [6, 6.07) is 0. The molecular formula is C10H16N2O3. The van der Waals surface area contributed by atoms with Gasteiger partial charge in [-0.15, -0.1) is 0 Å². The number of hydrogen-bond donors (Lipinski definition) is 2. The highest BCUT2D eigenvalue weighted by atomic mass is 16.4. The summed E-state index contributed by atoms with van der Waals surface area (Å²) < 4.78 is 0. The van der Waals surface area contributed by atoms with Crippen molar-refractivity contribution in [2.45, 2.75) is 44.1 Å². The van der Waals surface area contributed by atoms with Crippen LogP contribution in [-0.2, 0) is 9.59 Å². The second kappa shape index (κ2) is 3.81. The Kier molecular flexibility index (Phi) is 2.65. The molecule has 1 aliphatic heterocycles. The van der Waals surface area contributed by atoms with Crippen molar-refractivity contribution in [3.05, 3.63) is 0 Å². The molecule has 0 radical (unpaired) electrons. The van der Waals surface area contributed by atoms with E-state index in [1.54, 1.807) is 0 Å². The molecule has 0 aromatic carbocycles. The molecule has 0 aromatic heterocycles. The number of carboxylic acid groups (broad SMARTS) is 1. The molecule has 2 aliphatic rings. The zero-order valence-electron chi connectivity index (χ0n) is 8.66. The molecule has 5 nitrogen and oxygen atoms in total. The van der Waals surface area contributed by atoms with E-state index in [0.717, 1.165) is 25.7 Å². The van der Waals surface area contributed by atoms with Gasteiger partial charge in [-0.05, 0) is 12.8 Å². The third-order valence-electron chi connectivity index (χ3n) is 3.27. The smallest absolute Gasteiger partial charge is 0.324 e. The lowest BCUT2D eigenvalue weighted by Gasteiger charge is -2.33. The second-order valence-electron chi connectivity index (χ2n) is 4.50. The van der Waals surface area contributed by atoms with Crippen molar-refractivity contribution in [1.29, 1.82) is 0 Å². The van der Waals surface area contributed by atoms with Crippen LogP contribution >= 0.6 is 0 Å². The molecule has 2 N–H and O–H groups in total. The number of aliphatic carboxylic acids is 1. The number of amides is 1. The molecule has 0 bridgehead atoms. The number of rotatable bonds is 2. The summed E-state index contributed by atoms with van der Waals surface area (Å²) in [6.45, 7) is -0.236. The average molecular weight is 212 g/mol. The summed E-state index contributed by atoms with van der Waals surface area (Å²) in [5.74, 6) is -1.05. The molecule has 1 saturated carbocycles. The number of carboxylic acids is 1. The van der Waals surface area contributed by atoms with Crippen molar-refractivity contribution in [1.82, 2.24) is 10.4 Å². The highest BCUT2D eigenvalue weighted by Gasteiger charge is 2.43. The van der Waals surface area contributed by atoms with Crippen LogP contribution in [-0.4, -0.2) is 34.1 Å². The van der Waals surface area contributed by atoms with Gasteiger partial charge in [0.05, 0.1) is 0 Å². The molecule has 5 heteroatoms. The number of carbonyl (C=O) groups excluding carboxylic acids is 1. The molecule has 1 amide bonds. The number of nitrogens with one attached hydrogen (secondary N) is 1. The fourth-order valence-corrected chi connectivity index (χ4v) is 2.55. The van der Waals surface area contributed by atoms with Crippen LogP contribution in [0.25, 0.3) is 0 Å². The first-order valence-electron chi connectivity index (χ1n) is 5.41. The fraction of sp³-hybridized carbons (Fsp3) is 0.800. The Hall–Kier alpha value is -1.10. The number of hydrogen-bond acceptors (Lipinski definition) is 3. The Morgan fingerprint density at radius 3 is 2.67 bits per heavy atom. The van der Waals surface area contributed by atoms with Gasteiger partial charge < -0.3 is 5.11 Å². The molecule has 0 unspecified atom stereocenters. The van der Waals surface area contributed by atoms with Gasteiger partial charge in [0.15, 0.2) is 0 Å². The third kappa shape index (κ3) is 2.12. The lowest BCUT2D eigenvalue weighted by atomic mass is 9.81. The van der Waals surface area contributed by atoms with Crippen molar-refractivity contribution < 1.29 is 14.7 Å². The first-order valence-corrected chi connectivity index (χ1v) is 5.41. The van der Waals surface area contributed by atoms with E-state index in [9.17, 15) is 9.59 Å². The Labute approximate surface area is 88.4 Å². The molecule has 0 atom stereocenters.